The molecule has 48 heavy (non-hydrogen) atoms. The molecule has 11 nitrogen and oxygen atoms in total. The first-order valence-corrected chi connectivity index (χ1v) is 16.4. The summed E-state index contributed by atoms with van der Waals surface area (Å²) in [7, 11) is 0. The smallest absolute Gasteiger partial charge is 0.300 e. The minimum Gasteiger partial charge on any atom is -0.494 e. The Balaban J connectivity index is 0.00000107. The van der Waals surface area contributed by atoms with Crippen molar-refractivity contribution < 1.29 is 33.8 Å². The van der Waals surface area contributed by atoms with Crippen molar-refractivity contribution in [2.24, 2.45) is 0 Å². The monoisotopic (exact) mass is 668 g/mol. The molecule has 3 N–H and O–H groups in total. The highest BCUT2D eigenvalue weighted by Gasteiger charge is 2.33. The van der Waals surface area contributed by atoms with Gasteiger partial charge in [-0.25, -0.2) is 0 Å². The first kappa shape index (κ1) is 34.0. The van der Waals surface area contributed by atoms with Crippen molar-refractivity contribution in [2.45, 2.75) is 37.6 Å². The normalized spacial score (nSPS) is 15.2. The number of hydrogen-bond donors (Lipinski definition) is 3. The number of amides is 3. The highest BCUT2D eigenvalue weighted by atomic mass is 32.2. The molecule has 0 radical (unpaired) electrons. The van der Waals surface area contributed by atoms with Crippen molar-refractivity contribution in [3.8, 4) is 17.2 Å². The van der Waals surface area contributed by atoms with E-state index in [1.807, 2.05) is 71.6 Å². The number of pyridine rings is 1. The lowest BCUT2D eigenvalue weighted by Gasteiger charge is -2.38. The number of hydrogen-bond acceptors (Lipinski definition) is 8. The van der Waals surface area contributed by atoms with Crippen LogP contribution in [0.2, 0.25) is 0 Å². The standard InChI is InChI=1S/C34H32N4O5S.C2H4O2/c1-22(39)37-30-8-2-3-9-31(30)44-21-32(40)38-14-12-23-16-27-10-11-29(23)33(38)24-6-4-7-26(17-24)42-15-5-13-36-34(41)25-18-28(43-27)20-35-19-25;1-2(3)4/h2-4,6-11,16-20,33H,5,12-15,21H2,1H3,(H,36,41)(H,37,39);1H3,(H,3,4). The van der Waals surface area contributed by atoms with E-state index in [4.69, 9.17) is 19.4 Å². The summed E-state index contributed by atoms with van der Waals surface area (Å²) in [5.41, 5.74) is 4.15. The van der Waals surface area contributed by atoms with Crippen LogP contribution in [0.4, 0.5) is 5.69 Å². The number of anilines is 1. The molecule has 248 valence electrons. The number of carbonyl (C=O) groups excluding carboxylic acids is 3. The highest BCUT2D eigenvalue weighted by Crippen LogP contribution is 2.39. The summed E-state index contributed by atoms with van der Waals surface area (Å²) in [5, 5.41) is 13.2. The Bertz CT molecular complexity index is 1810. The van der Waals surface area contributed by atoms with Crippen LogP contribution in [0.5, 0.6) is 17.2 Å². The molecule has 1 aromatic heterocycles. The second-order valence-electron chi connectivity index (χ2n) is 11.1. The maximum atomic E-state index is 13.9. The molecule has 1 atom stereocenters. The number of thioether (sulfide) groups is 1. The summed E-state index contributed by atoms with van der Waals surface area (Å²) in [6, 6.07) is 22.6. The quantitative estimate of drug-likeness (QED) is 0.233. The van der Waals surface area contributed by atoms with Gasteiger partial charge in [-0.05, 0) is 72.0 Å². The van der Waals surface area contributed by atoms with Crippen LogP contribution in [0.1, 0.15) is 53.4 Å². The average molecular weight is 669 g/mol. The number of benzene rings is 3. The fourth-order valence-corrected chi connectivity index (χ4v) is 6.37. The minimum atomic E-state index is -0.833. The Morgan fingerprint density at radius 2 is 1.81 bits per heavy atom. The van der Waals surface area contributed by atoms with Crippen molar-refractivity contribution in [2.75, 3.05) is 30.8 Å². The molecule has 12 heteroatoms. The molecular formula is C36H36N4O7S. The third-order valence-corrected chi connectivity index (χ3v) is 8.53. The van der Waals surface area contributed by atoms with Crippen LogP contribution in [-0.2, 0) is 20.8 Å². The fraction of sp³-hybridized carbons (Fsp3) is 0.250. The third kappa shape index (κ3) is 8.91. The van der Waals surface area contributed by atoms with Gasteiger partial charge in [0.05, 0.1) is 35.8 Å². The summed E-state index contributed by atoms with van der Waals surface area (Å²) in [5.74, 6) is 0.796. The van der Waals surface area contributed by atoms with Crippen LogP contribution in [0.3, 0.4) is 0 Å². The maximum absolute atomic E-state index is 13.9. The van der Waals surface area contributed by atoms with Gasteiger partial charge in [0.1, 0.15) is 17.2 Å². The molecule has 0 saturated carbocycles. The minimum absolute atomic E-state index is 0.00398. The van der Waals surface area contributed by atoms with Gasteiger partial charge in [-0.2, -0.15) is 0 Å². The predicted molar refractivity (Wildman–Crippen MR) is 182 cm³/mol. The number of fused-ring (bicyclic) bond motifs is 6. The molecule has 0 fully saturated rings. The van der Waals surface area contributed by atoms with Crippen LogP contribution < -0.4 is 20.1 Å². The number of ether oxygens (including phenoxy) is 2. The van der Waals surface area contributed by atoms with Gasteiger partial charge in [0.25, 0.3) is 11.9 Å². The Kier molecular flexibility index (Phi) is 11.3. The number of carboxylic acids is 1. The number of rotatable bonds is 4. The molecular weight excluding hydrogens is 632 g/mol. The number of para-hydroxylation sites is 1. The predicted octanol–water partition coefficient (Wildman–Crippen LogP) is 5.70. The molecule has 0 aliphatic carbocycles. The number of carboxylic acid groups (broad SMARTS) is 1. The highest BCUT2D eigenvalue weighted by molar-refractivity contribution is 8.00. The van der Waals surface area contributed by atoms with Gasteiger partial charge in [-0.1, -0.05) is 30.3 Å². The second-order valence-corrected chi connectivity index (χ2v) is 12.1. The van der Waals surface area contributed by atoms with Crippen LogP contribution in [0.15, 0.2) is 90.1 Å². The lowest BCUT2D eigenvalue weighted by atomic mass is 9.88. The molecule has 1 unspecified atom stereocenters. The first-order valence-electron chi connectivity index (χ1n) is 15.4. The van der Waals surface area contributed by atoms with E-state index in [1.165, 1.54) is 24.9 Å². The van der Waals surface area contributed by atoms with E-state index in [9.17, 15) is 14.4 Å². The van der Waals surface area contributed by atoms with Crippen LogP contribution >= 0.6 is 11.8 Å². The van der Waals surface area contributed by atoms with E-state index in [1.54, 1.807) is 12.3 Å². The molecule has 7 rings (SSSR count). The largest absolute Gasteiger partial charge is 0.494 e. The van der Waals surface area contributed by atoms with Gasteiger partial charge in [0.2, 0.25) is 11.8 Å². The van der Waals surface area contributed by atoms with Gasteiger partial charge in [-0.3, -0.25) is 24.2 Å². The van der Waals surface area contributed by atoms with E-state index in [0.29, 0.717) is 61.0 Å². The topological polar surface area (TPSA) is 147 Å². The molecule has 3 aromatic carbocycles. The second kappa shape index (κ2) is 16.0. The number of nitrogens with zero attached hydrogens (tertiary/aromatic N) is 2. The summed E-state index contributed by atoms with van der Waals surface area (Å²) in [4.78, 5) is 54.2. The fourth-order valence-electron chi connectivity index (χ4n) is 5.48. The summed E-state index contributed by atoms with van der Waals surface area (Å²) < 4.78 is 12.2. The lowest BCUT2D eigenvalue weighted by molar-refractivity contribution is -0.134. The molecule has 3 amide bonds. The van der Waals surface area contributed by atoms with E-state index in [0.717, 1.165) is 28.5 Å². The van der Waals surface area contributed by atoms with Gasteiger partial charge >= 0.3 is 0 Å². The van der Waals surface area contributed by atoms with Crippen LogP contribution in [0, 0.1) is 0 Å². The zero-order valence-electron chi connectivity index (χ0n) is 26.6. The molecule has 4 heterocycles. The van der Waals surface area contributed by atoms with E-state index >= 15 is 0 Å². The lowest BCUT2D eigenvalue weighted by Crippen LogP contribution is -2.41. The van der Waals surface area contributed by atoms with Crippen molar-refractivity contribution in [3.63, 3.8) is 0 Å². The van der Waals surface area contributed by atoms with Crippen LogP contribution in [0.25, 0.3) is 0 Å². The van der Waals surface area contributed by atoms with E-state index in [-0.39, 0.29) is 29.5 Å². The summed E-state index contributed by atoms with van der Waals surface area (Å²) in [6.45, 7) is 3.94. The van der Waals surface area contributed by atoms with Crippen molar-refractivity contribution in [3.05, 3.63) is 107 Å². The van der Waals surface area contributed by atoms with Gasteiger partial charge in [0, 0.05) is 38.0 Å². The van der Waals surface area contributed by atoms with Gasteiger partial charge in [-0.15, -0.1) is 11.8 Å². The average Bonchev–Trinajstić information content (AvgIpc) is 3.06. The van der Waals surface area contributed by atoms with Gasteiger partial charge in [0.15, 0.2) is 0 Å². The number of aromatic nitrogens is 1. The summed E-state index contributed by atoms with van der Waals surface area (Å²) in [6.07, 6.45) is 4.37. The number of aliphatic carboxylic acids is 1. The molecule has 0 spiro atoms. The molecule has 3 aliphatic heterocycles. The van der Waals surface area contributed by atoms with E-state index in [2.05, 4.69) is 15.6 Å². The maximum Gasteiger partial charge on any atom is 0.300 e. The Labute approximate surface area is 282 Å². The zero-order chi connectivity index (χ0) is 34.0. The van der Waals surface area contributed by atoms with Crippen molar-refractivity contribution >= 4 is 41.1 Å². The molecule has 3 aliphatic rings. The third-order valence-electron chi connectivity index (χ3n) is 7.47. The van der Waals surface area contributed by atoms with E-state index < -0.39 is 5.97 Å². The van der Waals surface area contributed by atoms with Crippen LogP contribution in [-0.4, -0.2) is 64.1 Å². The first-order chi connectivity index (χ1) is 23.2. The van der Waals surface area contributed by atoms with Crippen molar-refractivity contribution in [1.82, 2.24) is 15.2 Å². The summed E-state index contributed by atoms with van der Waals surface area (Å²) >= 11 is 1.41. The molecule has 4 aromatic rings. The zero-order valence-corrected chi connectivity index (χ0v) is 27.4. The number of carbonyl (C=O) groups is 4. The molecule has 8 bridgehead atoms. The molecule has 0 saturated heterocycles. The Hall–Kier alpha value is -5.36. The van der Waals surface area contributed by atoms with Crippen molar-refractivity contribution in [1.29, 1.82) is 0 Å². The number of nitrogens with one attached hydrogen (secondary N) is 2. The Morgan fingerprint density at radius 3 is 2.62 bits per heavy atom. The Morgan fingerprint density at radius 1 is 1.00 bits per heavy atom. The SMILES string of the molecule is CC(=O)Nc1ccccc1SCC(=O)N1CCc2cc3ccc2C1c1cccc(c1)OCCCNC(=O)c1cncc(c1)O3.CC(=O)O. The van der Waals surface area contributed by atoms with Gasteiger partial charge < -0.3 is 30.1 Å².